The number of aromatic nitrogens is 1. The second-order valence-corrected chi connectivity index (χ2v) is 8.42. The Morgan fingerprint density at radius 3 is 2.65 bits per heavy atom. The van der Waals surface area contributed by atoms with Gasteiger partial charge in [0.25, 0.3) is 0 Å². The van der Waals surface area contributed by atoms with Crippen molar-refractivity contribution in [3.8, 4) is 0 Å². The number of halogens is 3. The third-order valence-corrected chi connectivity index (χ3v) is 5.75. The lowest BCUT2D eigenvalue weighted by molar-refractivity contribution is -0.137. The maximum Gasteiger partial charge on any atom is 0.420 e. The Hall–Kier alpha value is -1.43. The number of pyridine rings is 1. The third kappa shape index (κ3) is 4.64. The number of rotatable bonds is 6. The molecule has 1 fully saturated rings. The molecule has 26 heavy (non-hydrogen) atoms. The van der Waals surface area contributed by atoms with E-state index >= 15 is 0 Å². The topological polar surface area (TPSA) is 103 Å². The number of sulfonamides is 1. The van der Waals surface area contributed by atoms with Gasteiger partial charge in [0.15, 0.2) is 0 Å². The van der Waals surface area contributed by atoms with Crippen molar-refractivity contribution < 1.29 is 31.8 Å². The predicted octanol–water partition coefficient (Wildman–Crippen LogP) is 0.970. The number of hydrogen-bond acceptors (Lipinski definition) is 6. The summed E-state index contributed by atoms with van der Waals surface area (Å²) in [6.07, 6.45) is -2.65. The molecule has 1 aromatic heterocycles. The standard InChI is InChI=1S/C15H22F3N3O4S/c1-14(10-23)3-2-5-21(9-14)13-12(15(16,17)18)7-11(8-19-13)26(24,25)20-4-6-22/h7-8,20,22-23H,2-6,9-10H2,1H3. The molecule has 1 aromatic rings. The fourth-order valence-electron chi connectivity index (χ4n) is 2.93. The molecule has 0 spiro atoms. The molecule has 0 radical (unpaired) electrons. The highest BCUT2D eigenvalue weighted by atomic mass is 32.2. The number of piperidine rings is 1. The predicted molar refractivity (Wildman–Crippen MR) is 88.2 cm³/mol. The third-order valence-electron chi connectivity index (χ3n) is 4.32. The summed E-state index contributed by atoms with van der Waals surface area (Å²) in [4.78, 5) is 4.59. The zero-order chi connectivity index (χ0) is 19.6. The molecule has 1 saturated heterocycles. The van der Waals surface area contributed by atoms with Gasteiger partial charge in [0.2, 0.25) is 10.0 Å². The maximum absolute atomic E-state index is 13.5. The molecule has 148 valence electrons. The van der Waals surface area contributed by atoms with Gasteiger partial charge in [0.05, 0.1) is 18.8 Å². The van der Waals surface area contributed by atoms with E-state index in [1.165, 1.54) is 4.90 Å². The normalized spacial score (nSPS) is 21.8. The van der Waals surface area contributed by atoms with E-state index in [1.807, 2.05) is 4.72 Å². The molecule has 0 aliphatic carbocycles. The van der Waals surface area contributed by atoms with E-state index in [0.717, 1.165) is 6.20 Å². The van der Waals surface area contributed by atoms with Gasteiger partial charge in [-0.25, -0.2) is 18.1 Å². The Morgan fingerprint density at radius 2 is 2.08 bits per heavy atom. The fraction of sp³-hybridized carbons (Fsp3) is 0.667. The van der Waals surface area contributed by atoms with E-state index in [0.29, 0.717) is 25.5 Å². The molecule has 2 heterocycles. The number of nitrogens with one attached hydrogen (secondary N) is 1. The van der Waals surface area contributed by atoms with Crippen molar-refractivity contribution in [1.29, 1.82) is 0 Å². The molecule has 7 nitrogen and oxygen atoms in total. The Morgan fingerprint density at radius 1 is 1.38 bits per heavy atom. The first kappa shape index (κ1) is 20.9. The highest BCUT2D eigenvalue weighted by molar-refractivity contribution is 7.89. The summed E-state index contributed by atoms with van der Waals surface area (Å²) in [7, 11) is -4.21. The Balaban J connectivity index is 2.45. The molecule has 2 rings (SSSR count). The van der Waals surface area contributed by atoms with E-state index in [9.17, 15) is 26.7 Å². The van der Waals surface area contributed by atoms with Crippen molar-refractivity contribution in [2.45, 2.75) is 30.8 Å². The van der Waals surface area contributed by atoms with Gasteiger partial charge in [0.1, 0.15) is 10.7 Å². The van der Waals surface area contributed by atoms with Crippen LogP contribution in [0, 0.1) is 5.41 Å². The summed E-state index contributed by atoms with van der Waals surface area (Å²) >= 11 is 0. The van der Waals surface area contributed by atoms with E-state index in [2.05, 4.69) is 4.98 Å². The van der Waals surface area contributed by atoms with Crippen LogP contribution in [-0.2, 0) is 16.2 Å². The molecule has 1 aliphatic heterocycles. The molecule has 3 N–H and O–H groups in total. The quantitative estimate of drug-likeness (QED) is 0.661. The molecule has 0 aromatic carbocycles. The van der Waals surface area contributed by atoms with Crippen LogP contribution in [0.3, 0.4) is 0 Å². The zero-order valence-electron chi connectivity index (χ0n) is 14.3. The van der Waals surface area contributed by atoms with E-state index in [1.54, 1.807) is 6.92 Å². The van der Waals surface area contributed by atoms with Gasteiger partial charge in [-0.2, -0.15) is 13.2 Å². The lowest BCUT2D eigenvalue weighted by atomic mass is 9.82. The van der Waals surface area contributed by atoms with Crippen LogP contribution in [0.5, 0.6) is 0 Å². The SMILES string of the molecule is CC1(CO)CCCN(c2ncc(S(=O)(=O)NCCO)cc2C(F)(F)F)C1. The Kier molecular flexibility index (Phi) is 6.16. The van der Waals surface area contributed by atoms with Crippen molar-refractivity contribution in [2.24, 2.45) is 5.41 Å². The van der Waals surface area contributed by atoms with Crippen molar-refractivity contribution in [2.75, 3.05) is 37.7 Å². The molecular formula is C15H22F3N3O4S. The number of aliphatic hydroxyl groups is 2. The first-order chi connectivity index (χ1) is 12.0. The van der Waals surface area contributed by atoms with Crippen LogP contribution in [-0.4, -0.2) is 56.5 Å². The molecule has 1 aliphatic rings. The smallest absolute Gasteiger partial charge is 0.396 e. The summed E-state index contributed by atoms with van der Waals surface area (Å²) < 4.78 is 66.6. The van der Waals surface area contributed by atoms with Gasteiger partial charge in [-0.3, -0.25) is 0 Å². The highest BCUT2D eigenvalue weighted by Gasteiger charge is 2.39. The van der Waals surface area contributed by atoms with Crippen LogP contribution >= 0.6 is 0 Å². The van der Waals surface area contributed by atoms with Crippen molar-refractivity contribution in [1.82, 2.24) is 9.71 Å². The second-order valence-electron chi connectivity index (χ2n) is 6.66. The number of anilines is 1. The van der Waals surface area contributed by atoms with E-state index in [-0.39, 0.29) is 25.5 Å². The van der Waals surface area contributed by atoms with Crippen LogP contribution in [0.2, 0.25) is 0 Å². The molecule has 0 saturated carbocycles. The Bertz CT molecular complexity index is 742. The van der Waals surface area contributed by atoms with Gasteiger partial charge >= 0.3 is 6.18 Å². The molecule has 11 heteroatoms. The largest absolute Gasteiger partial charge is 0.420 e. The number of alkyl halides is 3. The number of aliphatic hydroxyl groups excluding tert-OH is 2. The van der Waals surface area contributed by atoms with Crippen molar-refractivity contribution in [3.05, 3.63) is 17.8 Å². The summed E-state index contributed by atoms with van der Waals surface area (Å²) in [6, 6.07) is 0.549. The molecular weight excluding hydrogens is 375 g/mol. The minimum atomic E-state index is -4.79. The maximum atomic E-state index is 13.5. The summed E-state index contributed by atoms with van der Waals surface area (Å²) in [6.45, 7) is 1.35. The van der Waals surface area contributed by atoms with Gasteiger partial charge in [-0.05, 0) is 18.9 Å². The second kappa shape index (κ2) is 7.67. The van der Waals surface area contributed by atoms with Crippen LogP contribution in [0.25, 0.3) is 0 Å². The number of hydrogen-bond donors (Lipinski definition) is 3. The average Bonchev–Trinajstić information content (AvgIpc) is 2.59. The van der Waals surface area contributed by atoms with Crippen molar-refractivity contribution in [3.63, 3.8) is 0 Å². The molecule has 0 amide bonds. The van der Waals surface area contributed by atoms with Crippen LogP contribution < -0.4 is 9.62 Å². The highest BCUT2D eigenvalue weighted by Crippen LogP contribution is 2.39. The van der Waals surface area contributed by atoms with Gasteiger partial charge in [0, 0.05) is 31.2 Å². The molecule has 0 bridgehead atoms. The first-order valence-electron chi connectivity index (χ1n) is 8.06. The summed E-state index contributed by atoms with van der Waals surface area (Å²) in [5.41, 5.74) is -1.69. The van der Waals surface area contributed by atoms with E-state index in [4.69, 9.17) is 5.11 Å². The number of nitrogens with zero attached hydrogens (tertiary/aromatic N) is 2. The molecule has 1 unspecified atom stereocenters. The zero-order valence-corrected chi connectivity index (χ0v) is 15.1. The molecule has 1 atom stereocenters. The summed E-state index contributed by atoms with van der Waals surface area (Å²) in [5, 5.41) is 18.2. The van der Waals surface area contributed by atoms with Crippen LogP contribution in [0.1, 0.15) is 25.3 Å². The lowest BCUT2D eigenvalue weighted by Gasteiger charge is -2.40. The monoisotopic (exact) mass is 397 g/mol. The minimum absolute atomic E-state index is 0.164. The van der Waals surface area contributed by atoms with Crippen LogP contribution in [0.4, 0.5) is 19.0 Å². The Labute approximate surface area is 149 Å². The van der Waals surface area contributed by atoms with Gasteiger partial charge in [-0.15, -0.1) is 0 Å². The lowest BCUT2D eigenvalue weighted by Crippen LogP contribution is -2.44. The summed E-state index contributed by atoms with van der Waals surface area (Å²) in [5.74, 6) is -0.349. The van der Waals surface area contributed by atoms with Crippen LogP contribution in [0.15, 0.2) is 17.2 Å². The minimum Gasteiger partial charge on any atom is -0.396 e. The van der Waals surface area contributed by atoms with Gasteiger partial charge in [-0.1, -0.05) is 6.92 Å². The van der Waals surface area contributed by atoms with E-state index < -0.39 is 38.7 Å². The fourth-order valence-corrected chi connectivity index (χ4v) is 3.93. The van der Waals surface area contributed by atoms with Crippen molar-refractivity contribution >= 4 is 15.8 Å². The van der Waals surface area contributed by atoms with Gasteiger partial charge < -0.3 is 15.1 Å². The first-order valence-corrected chi connectivity index (χ1v) is 9.54. The average molecular weight is 397 g/mol.